The van der Waals surface area contributed by atoms with Crippen molar-refractivity contribution in [1.29, 1.82) is 0 Å². The number of piperidine rings is 1. The van der Waals surface area contributed by atoms with Crippen LogP contribution in [0.3, 0.4) is 0 Å². The Kier molecular flexibility index (Phi) is 5.74. The van der Waals surface area contributed by atoms with Crippen molar-refractivity contribution >= 4 is 21.7 Å². The summed E-state index contributed by atoms with van der Waals surface area (Å²) in [4.78, 5) is 41.0. The zero-order valence-corrected chi connectivity index (χ0v) is 18.4. The van der Waals surface area contributed by atoms with Gasteiger partial charge in [0.05, 0.1) is 11.6 Å². The Bertz CT molecular complexity index is 1100. The van der Waals surface area contributed by atoms with Crippen LogP contribution in [-0.4, -0.2) is 77.9 Å². The Balaban J connectivity index is 1.54. The highest BCUT2D eigenvalue weighted by Crippen LogP contribution is 2.33. The molecule has 0 saturated carbocycles. The minimum Gasteiger partial charge on any atom is -0.345 e. The summed E-state index contributed by atoms with van der Waals surface area (Å²) in [5.41, 5.74) is 1.27. The molecule has 9 nitrogen and oxygen atoms in total. The molecule has 2 saturated heterocycles. The number of hydrogen-bond donors (Lipinski definition) is 0. The smallest absolute Gasteiger partial charge is 0.227 e. The van der Waals surface area contributed by atoms with Gasteiger partial charge in [0.15, 0.2) is 15.7 Å². The van der Waals surface area contributed by atoms with Crippen molar-refractivity contribution < 1.29 is 18.0 Å². The molecule has 0 N–H and O–H groups in total. The van der Waals surface area contributed by atoms with E-state index in [0.29, 0.717) is 44.0 Å². The third kappa shape index (κ3) is 4.43. The molecular formula is C21H25N5O4S. The first-order valence-electron chi connectivity index (χ1n) is 10.2. The first kappa shape index (κ1) is 21.4. The van der Waals surface area contributed by atoms with Crippen molar-refractivity contribution in [3.05, 3.63) is 36.4 Å². The third-order valence-corrected chi connectivity index (χ3v) is 7.12. The van der Waals surface area contributed by atoms with E-state index >= 15 is 0 Å². The number of nitrogens with zero attached hydrogens (tertiary/aromatic N) is 5. The van der Waals surface area contributed by atoms with Crippen molar-refractivity contribution in [2.75, 3.05) is 32.9 Å². The fourth-order valence-corrected chi connectivity index (χ4v) is 5.10. The number of amides is 2. The molecule has 2 aliphatic rings. The van der Waals surface area contributed by atoms with Gasteiger partial charge in [0.2, 0.25) is 11.8 Å². The van der Waals surface area contributed by atoms with E-state index in [2.05, 4.69) is 15.0 Å². The van der Waals surface area contributed by atoms with E-state index < -0.39 is 9.84 Å². The lowest BCUT2D eigenvalue weighted by atomic mass is 9.92. The van der Waals surface area contributed by atoms with Crippen LogP contribution in [0.25, 0.3) is 11.4 Å². The molecule has 4 heterocycles. The van der Waals surface area contributed by atoms with Gasteiger partial charge in [-0.05, 0) is 25.0 Å². The van der Waals surface area contributed by atoms with E-state index in [1.165, 1.54) is 6.20 Å². The second kappa shape index (κ2) is 8.33. The van der Waals surface area contributed by atoms with Crippen LogP contribution in [0.2, 0.25) is 0 Å². The number of pyridine rings is 1. The average molecular weight is 444 g/mol. The Morgan fingerprint density at radius 1 is 1.16 bits per heavy atom. The van der Waals surface area contributed by atoms with E-state index in [-0.39, 0.29) is 35.0 Å². The van der Waals surface area contributed by atoms with E-state index in [1.807, 2.05) is 0 Å². The van der Waals surface area contributed by atoms with Gasteiger partial charge in [0, 0.05) is 69.4 Å². The van der Waals surface area contributed by atoms with Crippen molar-refractivity contribution in [2.45, 2.75) is 30.1 Å². The molecule has 0 radical (unpaired) electrons. The Morgan fingerprint density at radius 3 is 2.42 bits per heavy atom. The summed E-state index contributed by atoms with van der Waals surface area (Å²) in [6.45, 7) is 1.47. The van der Waals surface area contributed by atoms with Crippen LogP contribution in [0.15, 0.2) is 35.6 Å². The van der Waals surface area contributed by atoms with Gasteiger partial charge in [-0.2, -0.15) is 0 Å². The van der Waals surface area contributed by atoms with E-state index in [0.717, 1.165) is 11.8 Å². The highest BCUT2D eigenvalue weighted by atomic mass is 32.2. The SMILES string of the molecule is CN1CC(C(=O)N2CCC(c3nc(-c4ccncc4)ncc3S(C)(=O)=O)CC2)CC1=O. The predicted molar refractivity (Wildman–Crippen MR) is 113 cm³/mol. The second-order valence-electron chi connectivity index (χ2n) is 8.23. The molecule has 2 aliphatic heterocycles. The first-order chi connectivity index (χ1) is 14.7. The van der Waals surface area contributed by atoms with Crippen LogP contribution in [0, 0.1) is 5.92 Å². The van der Waals surface area contributed by atoms with Crippen LogP contribution in [0.1, 0.15) is 30.9 Å². The van der Waals surface area contributed by atoms with Gasteiger partial charge in [0.1, 0.15) is 4.90 Å². The van der Waals surface area contributed by atoms with Crippen LogP contribution >= 0.6 is 0 Å². The topological polar surface area (TPSA) is 113 Å². The maximum atomic E-state index is 12.8. The molecule has 0 spiro atoms. The molecule has 1 unspecified atom stereocenters. The third-order valence-electron chi connectivity index (χ3n) is 6.00. The standard InChI is InChI=1S/C21H25N5O4S/c1-25-13-16(11-18(25)27)21(28)26-9-5-14(6-10-26)19-17(31(2,29)30)12-23-20(24-19)15-3-7-22-8-4-15/h3-4,7-8,12,14,16H,5-6,9-11,13H2,1-2H3. The van der Waals surface area contributed by atoms with Crippen LogP contribution in [0.4, 0.5) is 0 Å². The largest absolute Gasteiger partial charge is 0.345 e. The number of likely N-dealkylation sites (tertiary alicyclic amines) is 2. The molecular weight excluding hydrogens is 418 g/mol. The minimum absolute atomic E-state index is 0.000325. The summed E-state index contributed by atoms with van der Waals surface area (Å²) in [7, 11) is -1.79. The van der Waals surface area contributed by atoms with Gasteiger partial charge in [0.25, 0.3) is 0 Å². The maximum Gasteiger partial charge on any atom is 0.227 e. The number of carbonyl (C=O) groups is 2. The van der Waals surface area contributed by atoms with Crippen molar-refractivity contribution in [3.63, 3.8) is 0 Å². The second-order valence-corrected chi connectivity index (χ2v) is 10.2. The maximum absolute atomic E-state index is 12.8. The molecule has 0 aromatic carbocycles. The molecule has 31 heavy (non-hydrogen) atoms. The van der Waals surface area contributed by atoms with Gasteiger partial charge < -0.3 is 9.80 Å². The van der Waals surface area contributed by atoms with Crippen LogP contribution in [-0.2, 0) is 19.4 Å². The minimum atomic E-state index is -3.50. The fraction of sp³-hybridized carbons (Fsp3) is 0.476. The molecule has 1 atom stereocenters. The highest BCUT2D eigenvalue weighted by molar-refractivity contribution is 7.90. The predicted octanol–water partition coefficient (Wildman–Crippen LogP) is 1.13. The van der Waals surface area contributed by atoms with Gasteiger partial charge >= 0.3 is 0 Å². The van der Waals surface area contributed by atoms with Crippen molar-refractivity contribution in [3.8, 4) is 11.4 Å². The van der Waals surface area contributed by atoms with E-state index in [4.69, 9.17) is 0 Å². The Hall–Kier alpha value is -2.88. The number of rotatable bonds is 4. The van der Waals surface area contributed by atoms with Crippen molar-refractivity contribution in [1.82, 2.24) is 24.8 Å². The Morgan fingerprint density at radius 2 is 1.84 bits per heavy atom. The molecule has 4 rings (SSSR count). The number of sulfone groups is 1. The summed E-state index contributed by atoms with van der Waals surface area (Å²) < 4.78 is 24.7. The van der Waals surface area contributed by atoms with Crippen molar-refractivity contribution in [2.24, 2.45) is 5.92 Å². The van der Waals surface area contributed by atoms with Crippen LogP contribution < -0.4 is 0 Å². The summed E-state index contributed by atoms with van der Waals surface area (Å²) in [6.07, 6.45) is 7.29. The molecule has 164 valence electrons. The number of carbonyl (C=O) groups excluding carboxylic acids is 2. The first-order valence-corrected chi connectivity index (χ1v) is 12.1. The number of hydrogen-bond acceptors (Lipinski definition) is 7. The lowest BCUT2D eigenvalue weighted by Gasteiger charge is -2.33. The lowest BCUT2D eigenvalue weighted by molar-refractivity contribution is -0.136. The zero-order valence-electron chi connectivity index (χ0n) is 17.6. The molecule has 2 fully saturated rings. The van der Waals surface area contributed by atoms with Crippen LogP contribution in [0.5, 0.6) is 0 Å². The van der Waals surface area contributed by atoms with Gasteiger partial charge in [-0.1, -0.05) is 0 Å². The lowest BCUT2D eigenvalue weighted by Crippen LogP contribution is -2.42. The van der Waals surface area contributed by atoms with Gasteiger partial charge in [-0.3, -0.25) is 14.6 Å². The number of aromatic nitrogens is 3. The quantitative estimate of drug-likeness (QED) is 0.696. The van der Waals surface area contributed by atoms with E-state index in [1.54, 1.807) is 41.4 Å². The fourth-order valence-electron chi connectivity index (χ4n) is 4.26. The van der Waals surface area contributed by atoms with Gasteiger partial charge in [-0.15, -0.1) is 0 Å². The van der Waals surface area contributed by atoms with E-state index in [9.17, 15) is 18.0 Å². The molecule has 10 heteroatoms. The molecule has 2 amide bonds. The monoisotopic (exact) mass is 443 g/mol. The summed E-state index contributed by atoms with van der Waals surface area (Å²) >= 11 is 0. The summed E-state index contributed by atoms with van der Waals surface area (Å²) in [5, 5.41) is 0. The zero-order chi connectivity index (χ0) is 22.2. The Labute approximate surface area is 181 Å². The normalized spacial score (nSPS) is 20.3. The summed E-state index contributed by atoms with van der Waals surface area (Å²) in [5.74, 6) is 0.0642. The molecule has 2 aromatic heterocycles. The highest BCUT2D eigenvalue weighted by Gasteiger charge is 2.37. The summed E-state index contributed by atoms with van der Waals surface area (Å²) in [6, 6.07) is 3.56. The molecule has 2 aromatic rings. The van der Waals surface area contributed by atoms with Gasteiger partial charge in [-0.25, -0.2) is 18.4 Å². The average Bonchev–Trinajstić information content (AvgIpc) is 3.11. The molecule has 0 aliphatic carbocycles. The molecule has 0 bridgehead atoms.